The number of pyridine rings is 1. The van der Waals surface area contributed by atoms with Gasteiger partial charge in [0.15, 0.2) is 5.76 Å². The average molecular weight is 392 g/mol. The molecule has 2 aromatic heterocycles. The van der Waals surface area contributed by atoms with Gasteiger partial charge in [0.2, 0.25) is 5.91 Å². The molecule has 1 saturated heterocycles. The van der Waals surface area contributed by atoms with E-state index in [1.165, 1.54) is 0 Å². The molecule has 1 aliphatic heterocycles. The second-order valence-electron chi connectivity index (χ2n) is 7.42. The SMILES string of the molecule is CC(=O)N1CCN(NC(=O)c2cc(-c3ccc(C)o3)nc3ccc(C)cc23)CC1. The first kappa shape index (κ1) is 19.1. The summed E-state index contributed by atoms with van der Waals surface area (Å²) in [6.45, 7) is 7.83. The van der Waals surface area contributed by atoms with E-state index in [-0.39, 0.29) is 11.8 Å². The number of nitrogens with one attached hydrogen (secondary N) is 1. The molecule has 3 aromatic rings. The molecule has 0 aliphatic carbocycles. The summed E-state index contributed by atoms with van der Waals surface area (Å²) in [4.78, 5) is 31.1. The molecule has 0 unspecified atom stereocenters. The fourth-order valence-corrected chi connectivity index (χ4v) is 3.56. The number of rotatable bonds is 3. The van der Waals surface area contributed by atoms with Crippen molar-refractivity contribution in [3.05, 3.63) is 53.3 Å². The molecule has 1 N–H and O–H groups in total. The predicted molar refractivity (Wildman–Crippen MR) is 110 cm³/mol. The third-order valence-corrected chi connectivity index (χ3v) is 5.19. The number of hydrazine groups is 1. The number of nitrogens with zero attached hydrogens (tertiary/aromatic N) is 3. The Labute approximate surface area is 169 Å². The third-order valence-electron chi connectivity index (χ3n) is 5.19. The highest BCUT2D eigenvalue weighted by atomic mass is 16.3. The van der Waals surface area contributed by atoms with Crippen LogP contribution in [-0.2, 0) is 4.79 Å². The molecule has 0 spiro atoms. The van der Waals surface area contributed by atoms with Gasteiger partial charge in [-0.1, -0.05) is 11.6 Å². The zero-order valence-corrected chi connectivity index (χ0v) is 16.9. The molecule has 2 amide bonds. The topological polar surface area (TPSA) is 78.7 Å². The van der Waals surface area contributed by atoms with E-state index in [1.807, 2.05) is 49.2 Å². The van der Waals surface area contributed by atoms with E-state index in [0.29, 0.717) is 43.2 Å². The minimum atomic E-state index is -0.191. The van der Waals surface area contributed by atoms with Crippen molar-refractivity contribution in [2.24, 2.45) is 0 Å². The number of carbonyl (C=O) groups excluding carboxylic acids is 2. The summed E-state index contributed by atoms with van der Waals surface area (Å²) < 4.78 is 5.72. The smallest absolute Gasteiger partial charge is 0.266 e. The van der Waals surface area contributed by atoms with E-state index in [0.717, 1.165) is 22.2 Å². The number of aromatic nitrogens is 1. The highest BCUT2D eigenvalue weighted by molar-refractivity contribution is 6.07. The predicted octanol–water partition coefficient (Wildman–Crippen LogP) is 2.92. The van der Waals surface area contributed by atoms with Gasteiger partial charge in [0.25, 0.3) is 5.91 Å². The Morgan fingerprint density at radius 1 is 1.03 bits per heavy atom. The van der Waals surface area contributed by atoms with Crippen LogP contribution in [0.3, 0.4) is 0 Å². The quantitative estimate of drug-likeness (QED) is 0.741. The zero-order chi connectivity index (χ0) is 20.5. The molecule has 7 nitrogen and oxygen atoms in total. The molecule has 3 heterocycles. The molecule has 0 atom stereocenters. The van der Waals surface area contributed by atoms with Crippen LogP contribution in [0, 0.1) is 13.8 Å². The van der Waals surface area contributed by atoms with Gasteiger partial charge in [-0.25, -0.2) is 9.99 Å². The molecule has 1 aliphatic rings. The van der Waals surface area contributed by atoms with E-state index in [2.05, 4.69) is 10.4 Å². The highest BCUT2D eigenvalue weighted by Gasteiger charge is 2.22. The molecule has 0 radical (unpaired) electrons. The maximum atomic E-state index is 13.2. The number of amides is 2. The van der Waals surface area contributed by atoms with Crippen LogP contribution in [0.15, 0.2) is 40.8 Å². The van der Waals surface area contributed by atoms with E-state index in [9.17, 15) is 9.59 Å². The van der Waals surface area contributed by atoms with Gasteiger partial charge in [0, 0.05) is 38.5 Å². The fourth-order valence-electron chi connectivity index (χ4n) is 3.56. The molecular weight excluding hydrogens is 368 g/mol. The van der Waals surface area contributed by atoms with Crippen molar-refractivity contribution in [3.8, 4) is 11.5 Å². The van der Waals surface area contributed by atoms with Crippen molar-refractivity contribution in [3.63, 3.8) is 0 Å². The second kappa shape index (κ2) is 7.67. The minimum absolute atomic E-state index is 0.0602. The van der Waals surface area contributed by atoms with Crippen LogP contribution in [0.4, 0.5) is 0 Å². The Balaban J connectivity index is 1.65. The van der Waals surface area contributed by atoms with Gasteiger partial charge in [0.05, 0.1) is 11.1 Å². The lowest BCUT2D eigenvalue weighted by Gasteiger charge is -2.34. The first-order chi connectivity index (χ1) is 13.9. The molecule has 4 rings (SSSR count). The molecule has 7 heteroatoms. The van der Waals surface area contributed by atoms with E-state index in [1.54, 1.807) is 17.9 Å². The van der Waals surface area contributed by atoms with Crippen molar-refractivity contribution in [2.75, 3.05) is 26.2 Å². The Kier molecular flexibility index (Phi) is 5.07. The summed E-state index contributed by atoms with van der Waals surface area (Å²) >= 11 is 0. The highest BCUT2D eigenvalue weighted by Crippen LogP contribution is 2.27. The Morgan fingerprint density at radius 3 is 2.45 bits per heavy atom. The van der Waals surface area contributed by atoms with Gasteiger partial charge in [0.1, 0.15) is 11.5 Å². The Hall–Kier alpha value is -3.19. The Morgan fingerprint density at radius 2 is 1.79 bits per heavy atom. The van der Waals surface area contributed by atoms with Gasteiger partial charge >= 0.3 is 0 Å². The van der Waals surface area contributed by atoms with E-state index < -0.39 is 0 Å². The monoisotopic (exact) mass is 392 g/mol. The lowest BCUT2D eigenvalue weighted by Crippen LogP contribution is -2.54. The summed E-state index contributed by atoms with van der Waals surface area (Å²) in [5.41, 5.74) is 5.97. The van der Waals surface area contributed by atoms with Gasteiger partial charge in [-0.15, -0.1) is 0 Å². The number of hydrogen-bond donors (Lipinski definition) is 1. The molecule has 0 bridgehead atoms. The Bertz CT molecular complexity index is 1080. The van der Waals surface area contributed by atoms with Gasteiger partial charge in [-0.2, -0.15) is 0 Å². The number of carbonyl (C=O) groups is 2. The van der Waals surface area contributed by atoms with E-state index >= 15 is 0 Å². The van der Waals surface area contributed by atoms with Gasteiger partial charge in [-0.3, -0.25) is 15.0 Å². The first-order valence-corrected chi connectivity index (χ1v) is 9.70. The average Bonchev–Trinajstić information content (AvgIpc) is 3.14. The first-order valence-electron chi connectivity index (χ1n) is 9.70. The lowest BCUT2D eigenvalue weighted by molar-refractivity contribution is -0.130. The maximum absolute atomic E-state index is 13.2. The van der Waals surface area contributed by atoms with Gasteiger partial charge in [-0.05, 0) is 44.2 Å². The molecule has 150 valence electrons. The lowest BCUT2D eigenvalue weighted by atomic mass is 10.0. The molecule has 1 aromatic carbocycles. The van der Waals surface area contributed by atoms with Crippen molar-refractivity contribution in [2.45, 2.75) is 20.8 Å². The van der Waals surface area contributed by atoms with Crippen LogP contribution in [0.5, 0.6) is 0 Å². The third kappa shape index (κ3) is 4.00. The van der Waals surface area contributed by atoms with Crippen molar-refractivity contribution >= 4 is 22.7 Å². The number of furan rings is 1. The summed E-state index contributed by atoms with van der Waals surface area (Å²) in [5, 5.41) is 2.66. The summed E-state index contributed by atoms with van der Waals surface area (Å²) in [6, 6.07) is 11.4. The molecule has 1 fully saturated rings. The van der Waals surface area contributed by atoms with Gasteiger partial charge < -0.3 is 9.32 Å². The normalized spacial score (nSPS) is 14.9. The summed E-state index contributed by atoms with van der Waals surface area (Å²) in [5.74, 6) is 1.29. The number of piperazine rings is 1. The maximum Gasteiger partial charge on any atom is 0.266 e. The van der Waals surface area contributed by atoms with Crippen LogP contribution in [0.25, 0.3) is 22.4 Å². The van der Waals surface area contributed by atoms with Crippen LogP contribution >= 0.6 is 0 Å². The second-order valence-corrected chi connectivity index (χ2v) is 7.42. The number of aryl methyl sites for hydroxylation is 2. The summed E-state index contributed by atoms with van der Waals surface area (Å²) in [7, 11) is 0. The van der Waals surface area contributed by atoms with Crippen LogP contribution in [0.2, 0.25) is 0 Å². The van der Waals surface area contributed by atoms with Crippen LogP contribution < -0.4 is 5.43 Å². The zero-order valence-electron chi connectivity index (χ0n) is 16.9. The van der Waals surface area contributed by atoms with Crippen LogP contribution in [-0.4, -0.2) is 52.9 Å². The number of fused-ring (bicyclic) bond motifs is 1. The number of benzene rings is 1. The largest absolute Gasteiger partial charge is 0.460 e. The molecule has 0 saturated carbocycles. The molecular formula is C22H24N4O3. The van der Waals surface area contributed by atoms with E-state index in [4.69, 9.17) is 4.42 Å². The number of hydrogen-bond acceptors (Lipinski definition) is 5. The fraction of sp³-hybridized carbons (Fsp3) is 0.318. The summed E-state index contributed by atoms with van der Waals surface area (Å²) in [6.07, 6.45) is 0. The van der Waals surface area contributed by atoms with Crippen molar-refractivity contribution in [1.29, 1.82) is 0 Å². The molecule has 29 heavy (non-hydrogen) atoms. The van der Waals surface area contributed by atoms with Crippen molar-refractivity contribution < 1.29 is 14.0 Å². The van der Waals surface area contributed by atoms with Crippen LogP contribution in [0.1, 0.15) is 28.6 Å². The van der Waals surface area contributed by atoms with Crippen molar-refractivity contribution in [1.82, 2.24) is 20.3 Å². The minimum Gasteiger partial charge on any atom is -0.460 e. The standard InChI is InChI=1S/C22H24N4O3/c1-14-4-6-19-17(12-14)18(13-20(23-19)21-7-5-15(2)29-21)22(28)24-26-10-8-25(9-11-26)16(3)27/h4-7,12-13H,8-11H2,1-3H3,(H,24,28).